The lowest BCUT2D eigenvalue weighted by Crippen LogP contribution is -2.30. The van der Waals surface area contributed by atoms with Crippen molar-refractivity contribution >= 4 is 86.7 Å². The first-order valence-corrected chi connectivity index (χ1v) is 18.2. The van der Waals surface area contributed by atoms with Gasteiger partial charge in [-0.2, -0.15) is 0 Å². The molecule has 5 rings (SSSR count). The first-order chi connectivity index (χ1) is 25.5. The molecule has 0 unspecified atom stereocenters. The van der Waals surface area contributed by atoms with E-state index < -0.39 is 35.4 Å². The number of ether oxygens (including phenoxy) is 1. The van der Waals surface area contributed by atoms with Gasteiger partial charge in [0.1, 0.15) is 16.5 Å². The van der Waals surface area contributed by atoms with Gasteiger partial charge >= 0.3 is 5.97 Å². The van der Waals surface area contributed by atoms with Crippen LogP contribution in [0.15, 0.2) is 114 Å². The number of rotatable bonds is 13. The highest BCUT2D eigenvalue weighted by Gasteiger charge is 2.27. The second-order valence-corrected chi connectivity index (χ2v) is 13.6. The zero-order valence-corrected chi connectivity index (χ0v) is 30.7. The Labute approximate surface area is 317 Å². The SMILES string of the molecule is CCOC(=O)c1c(NC(=O)CSc2cccc(NC(=O)/C(=C\c3c(F)cccc3Cl)NC(=O)c3ccccc3)c2)sc(C(=O)Nc2ccccc2)c1C. The van der Waals surface area contributed by atoms with E-state index in [-0.39, 0.29) is 49.6 Å². The lowest BCUT2D eigenvalue weighted by atomic mass is 10.1. The van der Waals surface area contributed by atoms with Crippen molar-refractivity contribution in [1.82, 2.24) is 5.32 Å². The van der Waals surface area contributed by atoms with E-state index in [1.54, 1.807) is 92.7 Å². The Morgan fingerprint density at radius 2 is 1.51 bits per heavy atom. The molecular weight excluding hydrogens is 739 g/mol. The Balaban J connectivity index is 1.29. The Kier molecular flexibility index (Phi) is 13.2. The average Bonchev–Trinajstić information content (AvgIpc) is 3.47. The van der Waals surface area contributed by atoms with Gasteiger partial charge in [-0.15, -0.1) is 23.1 Å². The summed E-state index contributed by atoms with van der Waals surface area (Å²) < 4.78 is 19.9. The van der Waals surface area contributed by atoms with Gasteiger partial charge in [-0.05, 0) is 80.1 Å². The van der Waals surface area contributed by atoms with Crippen molar-refractivity contribution < 1.29 is 33.1 Å². The first kappa shape index (κ1) is 38.5. The smallest absolute Gasteiger partial charge is 0.341 e. The van der Waals surface area contributed by atoms with Crippen molar-refractivity contribution in [2.75, 3.05) is 28.3 Å². The Bertz CT molecular complexity index is 2170. The number of hydrogen-bond acceptors (Lipinski definition) is 8. The third-order valence-corrected chi connectivity index (χ3v) is 9.93. The molecule has 0 bridgehead atoms. The number of hydrogen-bond donors (Lipinski definition) is 4. The fraction of sp³-hybridized carbons (Fsp3) is 0.103. The average molecular weight is 771 g/mol. The Hall–Kier alpha value is -5.76. The van der Waals surface area contributed by atoms with Crippen LogP contribution in [-0.4, -0.2) is 42.0 Å². The van der Waals surface area contributed by atoms with Crippen molar-refractivity contribution in [3.63, 3.8) is 0 Å². The summed E-state index contributed by atoms with van der Waals surface area (Å²) in [4.78, 5) is 66.5. The highest BCUT2D eigenvalue weighted by molar-refractivity contribution is 8.00. The molecule has 0 radical (unpaired) electrons. The van der Waals surface area contributed by atoms with Gasteiger partial charge in [0.15, 0.2) is 0 Å². The van der Waals surface area contributed by atoms with Gasteiger partial charge in [0.2, 0.25) is 5.91 Å². The van der Waals surface area contributed by atoms with Crippen LogP contribution in [0, 0.1) is 12.7 Å². The predicted octanol–water partition coefficient (Wildman–Crippen LogP) is 8.42. The van der Waals surface area contributed by atoms with Crippen LogP contribution < -0.4 is 21.3 Å². The molecule has 0 aliphatic rings. The topological polar surface area (TPSA) is 143 Å². The van der Waals surface area contributed by atoms with E-state index in [9.17, 15) is 28.4 Å². The molecule has 0 aliphatic heterocycles. The van der Waals surface area contributed by atoms with Crippen LogP contribution in [0.1, 0.15) is 48.4 Å². The van der Waals surface area contributed by atoms with E-state index in [0.29, 0.717) is 21.8 Å². The van der Waals surface area contributed by atoms with Gasteiger partial charge in [-0.1, -0.05) is 60.1 Å². The molecule has 1 aromatic heterocycles. The van der Waals surface area contributed by atoms with E-state index >= 15 is 0 Å². The van der Waals surface area contributed by atoms with Crippen molar-refractivity contribution in [3.05, 3.63) is 147 Å². The van der Waals surface area contributed by atoms with Crippen LogP contribution in [-0.2, 0) is 14.3 Å². The molecule has 14 heteroatoms. The summed E-state index contributed by atoms with van der Waals surface area (Å²) in [6.07, 6.45) is 1.16. The summed E-state index contributed by atoms with van der Waals surface area (Å²) in [5.41, 5.74) is 1.30. The summed E-state index contributed by atoms with van der Waals surface area (Å²) in [5, 5.41) is 11.0. The maximum Gasteiger partial charge on any atom is 0.341 e. The number of halogens is 2. The number of thioether (sulfide) groups is 1. The van der Waals surface area contributed by atoms with Crippen LogP contribution in [0.3, 0.4) is 0 Å². The number of carbonyl (C=O) groups is 5. The molecule has 0 aliphatic carbocycles. The second kappa shape index (κ2) is 18.1. The van der Waals surface area contributed by atoms with E-state index in [1.807, 2.05) is 6.07 Å². The molecule has 4 amide bonds. The number of anilines is 3. The van der Waals surface area contributed by atoms with E-state index in [0.717, 1.165) is 29.2 Å². The normalized spacial score (nSPS) is 11.0. The van der Waals surface area contributed by atoms with Gasteiger partial charge in [0, 0.05) is 27.4 Å². The summed E-state index contributed by atoms with van der Waals surface area (Å²) in [7, 11) is 0. The van der Waals surface area contributed by atoms with E-state index in [2.05, 4.69) is 21.3 Å². The standard InChI is InChI=1S/C39H32ClFN4O6S2/c1-3-51-39(50)33-23(2)34(37(49)42-25-14-8-5-9-15-25)53-38(33)45-32(46)22-52-27-17-10-16-26(20-27)43-36(48)31(21-28-29(40)18-11-19-30(28)41)44-35(47)24-12-6-4-7-13-24/h4-21H,3,22H2,1-2H3,(H,42,49)(H,43,48)(H,44,47)(H,45,46)/b31-21+. The van der Waals surface area contributed by atoms with Crippen molar-refractivity contribution in [2.24, 2.45) is 0 Å². The monoisotopic (exact) mass is 770 g/mol. The van der Waals surface area contributed by atoms with Gasteiger partial charge < -0.3 is 26.0 Å². The number of esters is 1. The molecule has 5 aromatic rings. The lowest BCUT2D eigenvalue weighted by Gasteiger charge is -2.13. The van der Waals surface area contributed by atoms with Crippen LogP contribution >= 0.6 is 34.7 Å². The third kappa shape index (κ3) is 10.2. The minimum atomic E-state index is -0.750. The van der Waals surface area contributed by atoms with E-state index in [1.165, 1.54) is 18.2 Å². The number of amides is 4. The molecule has 0 fully saturated rings. The maximum absolute atomic E-state index is 14.7. The Morgan fingerprint density at radius 1 is 0.830 bits per heavy atom. The highest BCUT2D eigenvalue weighted by atomic mass is 35.5. The minimum Gasteiger partial charge on any atom is -0.462 e. The highest BCUT2D eigenvalue weighted by Crippen LogP contribution is 2.35. The third-order valence-electron chi connectivity index (χ3n) is 7.40. The maximum atomic E-state index is 14.7. The quantitative estimate of drug-likeness (QED) is 0.0535. The molecule has 10 nitrogen and oxygen atoms in total. The van der Waals surface area contributed by atoms with Crippen LogP contribution in [0.4, 0.5) is 20.8 Å². The van der Waals surface area contributed by atoms with Gasteiger partial charge in [0.25, 0.3) is 17.7 Å². The summed E-state index contributed by atoms with van der Waals surface area (Å²) >= 11 is 8.33. The number of para-hydroxylation sites is 1. The molecule has 1 heterocycles. The molecule has 0 saturated heterocycles. The number of thiophene rings is 1. The van der Waals surface area contributed by atoms with Crippen molar-refractivity contribution in [3.8, 4) is 0 Å². The molecule has 4 N–H and O–H groups in total. The summed E-state index contributed by atoms with van der Waals surface area (Å²) in [6, 6.07) is 27.7. The molecule has 0 atom stereocenters. The van der Waals surface area contributed by atoms with Gasteiger partial charge in [0.05, 0.1) is 27.8 Å². The van der Waals surface area contributed by atoms with Gasteiger partial charge in [-0.25, -0.2) is 9.18 Å². The largest absolute Gasteiger partial charge is 0.462 e. The summed E-state index contributed by atoms with van der Waals surface area (Å²) in [5.74, 6) is -3.68. The summed E-state index contributed by atoms with van der Waals surface area (Å²) in [6.45, 7) is 3.37. The second-order valence-electron chi connectivity index (χ2n) is 11.1. The molecule has 4 aromatic carbocycles. The first-order valence-electron chi connectivity index (χ1n) is 16.1. The van der Waals surface area contributed by atoms with Crippen molar-refractivity contribution in [1.29, 1.82) is 0 Å². The van der Waals surface area contributed by atoms with Crippen LogP contribution in [0.5, 0.6) is 0 Å². The number of benzene rings is 4. The predicted molar refractivity (Wildman–Crippen MR) is 207 cm³/mol. The number of nitrogens with one attached hydrogen (secondary N) is 4. The Morgan fingerprint density at radius 3 is 2.21 bits per heavy atom. The van der Waals surface area contributed by atoms with E-state index in [4.69, 9.17) is 16.3 Å². The fourth-order valence-corrected chi connectivity index (χ4v) is 6.96. The molecule has 270 valence electrons. The van der Waals surface area contributed by atoms with Gasteiger partial charge in [-0.3, -0.25) is 19.2 Å². The molecule has 0 saturated carbocycles. The number of carbonyl (C=O) groups excluding carboxylic acids is 5. The molecule has 0 spiro atoms. The van der Waals surface area contributed by atoms with Crippen molar-refractivity contribution in [2.45, 2.75) is 18.7 Å². The van der Waals surface area contributed by atoms with Crippen LogP contribution in [0.2, 0.25) is 5.02 Å². The van der Waals surface area contributed by atoms with Crippen LogP contribution in [0.25, 0.3) is 6.08 Å². The fourth-order valence-electron chi connectivity index (χ4n) is 4.89. The lowest BCUT2D eigenvalue weighted by molar-refractivity contribution is -0.114. The molecule has 53 heavy (non-hydrogen) atoms. The molecular formula is C39H32ClFN4O6S2. The minimum absolute atomic E-state index is 0.0414. The zero-order chi connectivity index (χ0) is 37.9. The zero-order valence-electron chi connectivity index (χ0n) is 28.3.